The average Bonchev–Trinajstić information content (AvgIpc) is 2.62. The van der Waals surface area contributed by atoms with Crippen molar-refractivity contribution in [3.63, 3.8) is 0 Å². The molecule has 2 aromatic carbocycles. The van der Waals surface area contributed by atoms with Gasteiger partial charge in [0.2, 0.25) is 5.78 Å². The van der Waals surface area contributed by atoms with Crippen molar-refractivity contribution in [2.75, 3.05) is 13.7 Å². The lowest BCUT2D eigenvalue weighted by Gasteiger charge is -2.14. The van der Waals surface area contributed by atoms with Gasteiger partial charge in [-0.2, -0.15) is 0 Å². The topological polar surface area (TPSA) is 61.8 Å². The normalized spacial score (nSPS) is 11.5. The third-order valence-electron chi connectivity index (χ3n) is 3.41. The van der Waals surface area contributed by atoms with Gasteiger partial charge in [0, 0.05) is 5.56 Å². The standard InChI is InChI=1S/C19H20O5/c1-4-23-17-12-15(10-11-16(17)22-3)19(21)24-13(2)18(20)14-8-6-5-7-9-14/h5-13H,4H2,1-3H3. The number of esters is 1. The van der Waals surface area contributed by atoms with E-state index in [4.69, 9.17) is 14.2 Å². The van der Waals surface area contributed by atoms with E-state index < -0.39 is 12.1 Å². The van der Waals surface area contributed by atoms with Crippen molar-refractivity contribution in [3.8, 4) is 11.5 Å². The second-order valence-electron chi connectivity index (χ2n) is 5.08. The summed E-state index contributed by atoms with van der Waals surface area (Å²) in [5.74, 6) is 0.149. The first-order chi connectivity index (χ1) is 11.6. The van der Waals surface area contributed by atoms with E-state index in [9.17, 15) is 9.59 Å². The van der Waals surface area contributed by atoms with Gasteiger partial charge < -0.3 is 14.2 Å². The summed E-state index contributed by atoms with van der Waals surface area (Å²) < 4.78 is 15.9. The fourth-order valence-electron chi connectivity index (χ4n) is 2.19. The number of carbonyl (C=O) groups excluding carboxylic acids is 2. The van der Waals surface area contributed by atoms with Crippen molar-refractivity contribution in [1.29, 1.82) is 0 Å². The number of rotatable bonds is 7. The molecule has 0 radical (unpaired) electrons. The van der Waals surface area contributed by atoms with E-state index in [1.54, 1.807) is 49.4 Å². The summed E-state index contributed by atoms with van der Waals surface area (Å²) in [4.78, 5) is 24.5. The number of carbonyl (C=O) groups is 2. The second kappa shape index (κ2) is 8.15. The zero-order valence-electron chi connectivity index (χ0n) is 13.9. The maximum Gasteiger partial charge on any atom is 0.338 e. The molecule has 0 heterocycles. The van der Waals surface area contributed by atoms with Crippen molar-refractivity contribution in [2.45, 2.75) is 20.0 Å². The van der Waals surface area contributed by atoms with Crippen LogP contribution in [-0.2, 0) is 4.74 Å². The van der Waals surface area contributed by atoms with Crippen molar-refractivity contribution in [3.05, 3.63) is 59.7 Å². The van der Waals surface area contributed by atoms with Gasteiger partial charge in [-0.25, -0.2) is 4.79 Å². The number of ketones is 1. The number of benzene rings is 2. The summed E-state index contributed by atoms with van der Waals surface area (Å²) in [6.07, 6.45) is -0.877. The zero-order valence-corrected chi connectivity index (χ0v) is 13.9. The molecule has 0 aromatic heterocycles. The summed E-state index contributed by atoms with van der Waals surface area (Å²) in [5.41, 5.74) is 0.800. The fourth-order valence-corrected chi connectivity index (χ4v) is 2.19. The Hall–Kier alpha value is -2.82. The Labute approximate surface area is 141 Å². The molecule has 0 fully saturated rings. The van der Waals surface area contributed by atoms with Gasteiger partial charge in [0.1, 0.15) is 0 Å². The highest BCUT2D eigenvalue weighted by Gasteiger charge is 2.21. The Morgan fingerprint density at radius 1 is 1.00 bits per heavy atom. The molecule has 0 amide bonds. The van der Waals surface area contributed by atoms with Gasteiger partial charge in [0.15, 0.2) is 17.6 Å². The molecular formula is C19H20O5. The number of Topliss-reactive ketones (excluding diaryl/α,β-unsaturated/α-hetero) is 1. The Kier molecular flexibility index (Phi) is 5.95. The van der Waals surface area contributed by atoms with Gasteiger partial charge in [-0.15, -0.1) is 0 Å². The monoisotopic (exact) mass is 328 g/mol. The lowest BCUT2D eigenvalue weighted by Crippen LogP contribution is -2.24. The average molecular weight is 328 g/mol. The molecule has 126 valence electrons. The molecule has 5 heteroatoms. The first kappa shape index (κ1) is 17.5. The number of hydrogen-bond donors (Lipinski definition) is 0. The largest absolute Gasteiger partial charge is 0.493 e. The summed E-state index contributed by atoms with van der Waals surface area (Å²) in [6.45, 7) is 3.84. The van der Waals surface area contributed by atoms with Crippen LogP contribution in [0.4, 0.5) is 0 Å². The van der Waals surface area contributed by atoms with Crippen molar-refractivity contribution in [2.24, 2.45) is 0 Å². The molecular weight excluding hydrogens is 308 g/mol. The maximum absolute atomic E-state index is 12.3. The Balaban J connectivity index is 2.11. The minimum absolute atomic E-state index is 0.248. The quantitative estimate of drug-likeness (QED) is 0.575. The van der Waals surface area contributed by atoms with E-state index in [1.807, 2.05) is 13.0 Å². The summed E-state index contributed by atoms with van der Waals surface area (Å²) >= 11 is 0. The predicted octanol–water partition coefficient (Wildman–Crippen LogP) is 3.52. The molecule has 1 atom stereocenters. The Bertz CT molecular complexity index is 709. The Morgan fingerprint density at radius 3 is 2.33 bits per heavy atom. The molecule has 24 heavy (non-hydrogen) atoms. The number of ether oxygens (including phenoxy) is 3. The first-order valence-electron chi connectivity index (χ1n) is 7.68. The van der Waals surface area contributed by atoms with E-state index in [2.05, 4.69) is 0 Å². The molecule has 0 aliphatic heterocycles. The molecule has 2 rings (SSSR count). The summed E-state index contributed by atoms with van der Waals surface area (Å²) in [5, 5.41) is 0. The van der Waals surface area contributed by atoms with Gasteiger partial charge >= 0.3 is 5.97 Å². The van der Waals surface area contributed by atoms with Crippen molar-refractivity contribution < 1.29 is 23.8 Å². The molecule has 0 aliphatic carbocycles. The third kappa shape index (κ3) is 4.13. The lowest BCUT2D eigenvalue weighted by atomic mass is 10.1. The Morgan fingerprint density at radius 2 is 1.71 bits per heavy atom. The first-order valence-corrected chi connectivity index (χ1v) is 7.68. The minimum atomic E-state index is -0.877. The molecule has 5 nitrogen and oxygen atoms in total. The van der Waals surface area contributed by atoms with Crippen LogP contribution in [0.5, 0.6) is 11.5 Å². The van der Waals surface area contributed by atoms with Crippen LogP contribution < -0.4 is 9.47 Å². The predicted molar refractivity (Wildman–Crippen MR) is 89.8 cm³/mol. The highest BCUT2D eigenvalue weighted by atomic mass is 16.5. The lowest BCUT2D eigenvalue weighted by molar-refractivity contribution is 0.0318. The molecule has 0 saturated heterocycles. The third-order valence-corrected chi connectivity index (χ3v) is 3.41. The zero-order chi connectivity index (χ0) is 17.5. The van der Waals surface area contributed by atoms with E-state index in [-0.39, 0.29) is 5.78 Å². The molecule has 2 aromatic rings. The fraction of sp³-hybridized carbons (Fsp3) is 0.263. The number of methoxy groups -OCH3 is 1. The van der Waals surface area contributed by atoms with Crippen molar-refractivity contribution in [1.82, 2.24) is 0 Å². The van der Waals surface area contributed by atoms with Crippen LogP contribution in [0.2, 0.25) is 0 Å². The highest BCUT2D eigenvalue weighted by molar-refractivity contribution is 6.01. The van der Waals surface area contributed by atoms with Crippen LogP contribution in [0.15, 0.2) is 48.5 Å². The molecule has 0 N–H and O–H groups in total. The smallest absolute Gasteiger partial charge is 0.338 e. The molecule has 1 unspecified atom stereocenters. The van der Waals surface area contributed by atoms with Gasteiger partial charge in [-0.05, 0) is 32.0 Å². The minimum Gasteiger partial charge on any atom is -0.493 e. The van der Waals surface area contributed by atoms with Crippen LogP contribution in [-0.4, -0.2) is 31.6 Å². The van der Waals surface area contributed by atoms with E-state index >= 15 is 0 Å². The van der Waals surface area contributed by atoms with E-state index in [0.29, 0.717) is 29.2 Å². The van der Waals surface area contributed by atoms with Crippen LogP contribution in [0.25, 0.3) is 0 Å². The second-order valence-corrected chi connectivity index (χ2v) is 5.08. The molecule has 0 aliphatic rings. The van der Waals surface area contributed by atoms with Crippen LogP contribution in [0.3, 0.4) is 0 Å². The molecule has 0 saturated carbocycles. The summed E-state index contributed by atoms with van der Waals surface area (Å²) in [7, 11) is 1.52. The van der Waals surface area contributed by atoms with E-state index in [1.165, 1.54) is 7.11 Å². The molecule has 0 bridgehead atoms. The summed E-state index contributed by atoms with van der Waals surface area (Å²) in [6, 6.07) is 13.5. The van der Waals surface area contributed by atoms with E-state index in [0.717, 1.165) is 0 Å². The van der Waals surface area contributed by atoms with Gasteiger partial charge in [-0.1, -0.05) is 30.3 Å². The van der Waals surface area contributed by atoms with Crippen LogP contribution in [0.1, 0.15) is 34.6 Å². The van der Waals surface area contributed by atoms with Gasteiger partial charge in [0.25, 0.3) is 0 Å². The maximum atomic E-state index is 12.3. The van der Waals surface area contributed by atoms with Gasteiger partial charge in [-0.3, -0.25) is 4.79 Å². The van der Waals surface area contributed by atoms with Crippen LogP contribution >= 0.6 is 0 Å². The number of hydrogen-bond acceptors (Lipinski definition) is 5. The van der Waals surface area contributed by atoms with Crippen molar-refractivity contribution >= 4 is 11.8 Å². The highest BCUT2D eigenvalue weighted by Crippen LogP contribution is 2.28. The van der Waals surface area contributed by atoms with Gasteiger partial charge in [0.05, 0.1) is 19.3 Å². The molecule has 0 spiro atoms. The SMILES string of the molecule is CCOc1cc(C(=O)OC(C)C(=O)c2ccccc2)ccc1OC. The van der Waals surface area contributed by atoms with Crippen LogP contribution in [0, 0.1) is 0 Å².